The molecule has 0 amide bonds. The van der Waals surface area contributed by atoms with Crippen LogP contribution in [0.1, 0.15) is 16.3 Å². The number of hydrogen-bond acceptors (Lipinski definition) is 3. The summed E-state index contributed by atoms with van der Waals surface area (Å²) in [7, 11) is 0. The standard InChI is InChI=1S/C14H14N2S/c1-12-11-17-14(16-12)10-15-9-5-8-13-6-3-2-4-7-13/h2-4,6-7,11,15H,9-10H2,1H3. The molecule has 0 spiro atoms. The van der Waals surface area contributed by atoms with Crippen LogP contribution >= 0.6 is 11.3 Å². The molecule has 0 saturated carbocycles. The lowest BCUT2D eigenvalue weighted by Crippen LogP contribution is -2.12. The fourth-order valence-corrected chi connectivity index (χ4v) is 2.12. The highest BCUT2D eigenvalue weighted by atomic mass is 32.1. The molecule has 0 fully saturated rings. The van der Waals surface area contributed by atoms with Gasteiger partial charge in [0.15, 0.2) is 0 Å². The molecule has 0 unspecified atom stereocenters. The van der Waals surface area contributed by atoms with Gasteiger partial charge in [0.25, 0.3) is 0 Å². The molecule has 2 rings (SSSR count). The first kappa shape index (κ1) is 11.8. The van der Waals surface area contributed by atoms with Crippen molar-refractivity contribution >= 4 is 11.3 Å². The number of hydrogen-bond donors (Lipinski definition) is 1. The summed E-state index contributed by atoms with van der Waals surface area (Å²) < 4.78 is 0. The Balaban J connectivity index is 1.75. The molecule has 0 bridgehead atoms. The van der Waals surface area contributed by atoms with E-state index in [1.165, 1.54) is 0 Å². The summed E-state index contributed by atoms with van der Waals surface area (Å²) in [5.74, 6) is 6.20. The number of aromatic nitrogens is 1. The van der Waals surface area contributed by atoms with Gasteiger partial charge in [0.2, 0.25) is 0 Å². The van der Waals surface area contributed by atoms with Crippen molar-refractivity contribution in [3.8, 4) is 11.8 Å². The highest BCUT2D eigenvalue weighted by molar-refractivity contribution is 7.09. The quantitative estimate of drug-likeness (QED) is 0.661. The van der Waals surface area contributed by atoms with Crippen molar-refractivity contribution in [3.05, 3.63) is 52.0 Å². The van der Waals surface area contributed by atoms with E-state index in [1.807, 2.05) is 37.3 Å². The molecule has 0 saturated heterocycles. The third-order valence-corrected chi connectivity index (χ3v) is 3.13. The summed E-state index contributed by atoms with van der Waals surface area (Å²) in [5.41, 5.74) is 2.14. The topological polar surface area (TPSA) is 24.9 Å². The third kappa shape index (κ3) is 4.03. The molecule has 1 N–H and O–H groups in total. The van der Waals surface area contributed by atoms with E-state index in [-0.39, 0.29) is 0 Å². The molecule has 0 radical (unpaired) electrons. The Bertz CT molecular complexity index is 520. The largest absolute Gasteiger partial charge is 0.300 e. The Morgan fingerprint density at radius 1 is 1.29 bits per heavy atom. The van der Waals surface area contributed by atoms with Crippen LogP contribution in [0.3, 0.4) is 0 Å². The van der Waals surface area contributed by atoms with Gasteiger partial charge in [-0.25, -0.2) is 4.98 Å². The molecule has 0 aliphatic rings. The first-order valence-electron chi connectivity index (χ1n) is 5.50. The van der Waals surface area contributed by atoms with Crippen LogP contribution in [-0.4, -0.2) is 11.5 Å². The lowest BCUT2D eigenvalue weighted by Gasteiger charge is -1.94. The number of thiazole rings is 1. The van der Waals surface area contributed by atoms with E-state index in [4.69, 9.17) is 0 Å². The second kappa shape index (κ2) is 6.19. The van der Waals surface area contributed by atoms with Crippen LogP contribution in [0, 0.1) is 18.8 Å². The predicted octanol–water partition coefficient (Wildman–Crippen LogP) is 2.59. The zero-order chi connectivity index (χ0) is 11.9. The van der Waals surface area contributed by atoms with Crippen LogP contribution in [0.4, 0.5) is 0 Å². The molecule has 2 nitrogen and oxygen atoms in total. The van der Waals surface area contributed by atoms with Crippen molar-refractivity contribution in [3.63, 3.8) is 0 Å². The van der Waals surface area contributed by atoms with Crippen molar-refractivity contribution in [1.82, 2.24) is 10.3 Å². The van der Waals surface area contributed by atoms with Gasteiger partial charge in [-0.1, -0.05) is 30.0 Å². The average Bonchev–Trinajstić information content (AvgIpc) is 2.76. The smallest absolute Gasteiger partial charge is 0.107 e. The normalized spacial score (nSPS) is 9.71. The van der Waals surface area contributed by atoms with Gasteiger partial charge in [-0.2, -0.15) is 0 Å². The third-order valence-electron chi connectivity index (χ3n) is 2.16. The van der Waals surface area contributed by atoms with Gasteiger partial charge in [0.05, 0.1) is 6.54 Å². The highest BCUT2D eigenvalue weighted by Gasteiger charge is 1.95. The van der Waals surface area contributed by atoms with E-state index in [9.17, 15) is 0 Å². The van der Waals surface area contributed by atoms with E-state index in [1.54, 1.807) is 11.3 Å². The maximum atomic E-state index is 4.37. The lowest BCUT2D eigenvalue weighted by molar-refractivity contribution is 0.762. The van der Waals surface area contributed by atoms with Gasteiger partial charge < -0.3 is 0 Å². The van der Waals surface area contributed by atoms with Gasteiger partial charge in [-0.05, 0) is 19.1 Å². The fraction of sp³-hybridized carbons (Fsp3) is 0.214. The highest BCUT2D eigenvalue weighted by Crippen LogP contribution is 2.07. The molecular formula is C14H14N2S. The zero-order valence-corrected chi connectivity index (χ0v) is 10.6. The van der Waals surface area contributed by atoms with Gasteiger partial charge in [-0.3, -0.25) is 5.32 Å². The first-order chi connectivity index (χ1) is 8.34. The Morgan fingerprint density at radius 2 is 2.12 bits per heavy atom. The van der Waals surface area contributed by atoms with Crippen molar-refractivity contribution in [2.24, 2.45) is 0 Å². The minimum atomic E-state index is 0.688. The van der Waals surface area contributed by atoms with Crippen LogP contribution in [0.25, 0.3) is 0 Å². The van der Waals surface area contributed by atoms with E-state index >= 15 is 0 Å². The van der Waals surface area contributed by atoms with E-state index in [2.05, 4.69) is 27.5 Å². The summed E-state index contributed by atoms with van der Waals surface area (Å²) in [6, 6.07) is 10.0. The maximum absolute atomic E-state index is 4.37. The average molecular weight is 242 g/mol. The first-order valence-corrected chi connectivity index (χ1v) is 6.38. The number of benzene rings is 1. The van der Waals surface area contributed by atoms with Crippen LogP contribution in [0.2, 0.25) is 0 Å². The maximum Gasteiger partial charge on any atom is 0.107 e. The van der Waals surface area contributed by atoms with Crippen LogP contribution in [0.15, 0.2) is 35.7 Å². The monoisotopic (exact) mass is 242 g/mol. The van der Waals surface area contributed by atoms with Crippen LogP contribution in [-0.2, 0) is 6.54 Å². The summed E-state index contributed by atoms with van der Waals surface area (Å²) in [5, 5.41) is 6.44. The zero-order valence-electron chi connectivity index (χ0n) is 9.73. The molecule has 1 heterocycles. The Hall–Kier alpha value is -1.63. The molecule has 0 aliphatic carbocycles. The van der Waals surface area contributed by atoms with Gasteiger partial charge in [0, 0.05) is 23.2 Å². The van der Waals surface area contributed by atoms with E-state index < -0.39 is 0 Å². The summed E-state index contributed by atoms with van der Waals surface area (Å²) in [4.78, 5) is 4.37. The van der Waals surface area contributed by atoms with Crippen LogP contribution in [0.5, 0.6) is 0 Å². The van der Waals surface area contributed by atoms with Crippen LogP contribution < -0.4 is 5.32 Å². The van der Waals surface area contributed by atoms with Crippen molar-refractivity contribution < 1.29 is 0 Å². The fourth-order valence-electron chi connectivity index (χ4n) is 1.38. The summed E-state index contributed by atoms with van der Waals surface area (Å²) >= 11 is 1.68. The molecule has 2 aromatic rings. The lowest BCUT2D eigenvalue weighted by atomic mass is 10.2. The van der Waals surface area contributed by atoms with Gasteiger partial charge in [0.1, 0.15) is 5.01 Å². The molecule has 0 atom stereocenters. The molecular weight excluding hydrogens is 228 g/mol. The Morgan fingerprint density at radius 3 is 2.82 bits per heavy atom. The second-order valence-electron chi connectivity index (χ2n) is 3.65. The van der Waals surface area contributed by atoms with Crippen molar-refractivity contribution in [1.29, 1.82) is 0 Å². The molecule has 3 heteroatoms. The van der Waals surface area contributed by atoms with Crippen molar-refractivity contribution in [2.75, 3.05) is 6.54 Å². The minimum Gasteiger partial charge on any atom is -0.300 e. The number of nitrogens with one attached hydrogen (secondary N) is 1. The summed E-state index contributed by atoms with van der Waals surface area (Å²) in [6.45, 7) is 3.49. The second-order valence-corrected chi connectivity index (χ2v) is 4.60. The minimum absolute atomic E-state index is 0.688. The molecule has 86 valence electrons. The summed E-state index contributed by atoms with van der Waals surface area (Å²) in [6.07, 6.45) is 0. The number of aryl methyl sites for hydroxylation is 1. The Kier molecular flexibility index (Phi) is 4.31. The SMILES string of the molecule is Cc1csc(CNCC#Cc2ccccc2)n1. The van der Waals surface area contributed by atoms with Gasteiger partial charge >= 0.3 is 0 Å². The predicted molar refractivity (Wildman–Crippen MR) is 71.9 cm³/mol. The van der Waals surface area contributed by atoms with E-state index in [0.29, 0.717) is 6.54 Å². The Labute approximate surface area is 106 Å². The van der Waals surface area contributed by atoms with E-state index in [0.717, 1.165) is 22.8 Å². The van der Waals surface area contributed by atoms with Crippen molar-refractivity contribution in [2.45, 2.75) is 13.5 Å². The number of nitrogens with zero attached hydrogens (tertiary/aromatic N) is 1. The molecule has 1 aromatic heterocycles. The molecule has 17 heavy (non-hydrogen) atoms. The number of rotatable bonds is 3. The molecule has 0 aliphatic heterocycles. The molecule has 1 aromatic carbocycles. The van der Waals surface area contributed by atoms with Gasteiger partial charge in [-0.15, -0.1) is 11.3 Å².